The van der Waals surface area contributed by atoms with Crippen molar-refractivity contribution in [3.8, 4) is 0 Å². The average Bonchev–Trinajstić information content (AvgIpc) is 3.45. The minimum atomic E-state index is -0.688. The Morgan fingerprint density at radius 3 is 2.69 bits per heavy atom. The van der Waals surface area contributed by atoms with Crippen LogP contribution in [0.4, 0.5) is 5.13 Å². The number of amides is 2. The molecule has 1 fully saturated rings. The number of aliphatic hydroxyl groups excluding tert-OH is 2. The number of aromatic nitrogens is 1. The van der Waals surface area contributed by atoms with Crippen molar-refractivity contribution >= 4 is 28.3 Å². The van der Waals surface area contributed by atoms with Crippen LogP contribution in [0.1, 0.15) is 76.1 Å². The smallest absolute Gasteiger partial charge is 0.231 e. The molecule has 192 valence electrons. The van der Waals surface area contributed by atoms with E-state index in [4.69, 9.17) is 9.40 Å². The highest BCUT2D eigenvalue weighted by molar-refractivity contribution is 7.15. The van der Waals surface area contributed by atoms with E-state index < -0.39 is 16.9 Å². The van der Waals surface area contributed by atoms with Gasteiger partial charge in [-0.05, 0) is 42.7 Å². The third-order valence-electron chi connectivity index (χ3n) is 8.22. The van der Waals surface area contributed by atoms with Gasteiger partial charge >= 0.3 is 0 Å². The van der Waals surface area contributed by atoms with Crippen molar-refractivity contribution in [1.29, 1.82) is 0 Å². The summed E-state index contributed by atoms with van der Waals surface area (Å²) in [4.78, 5) is 31.6. The van der Waals surface area contributed by atoms with Crippen molar-refractivity contribution in [3.63, 3.8) is 0 Å². The summed E-state index contributed by atoms with van der Waals surface area (Å²) in [6, 6.07) is 3.60. The molecule has 5 atom stereocenters. The molecule has 2 aliphatic rings. The van der Waals surface area contributed by atoms with Gasteiger partial charge in [0.05, 0.1) is 31.2 Å². The molecule has 0 unspecified atom stereocenters. The molecule has 1 saturated carbocycles. The first-order valence-electron chi connectivity index (χ1n) is 12.3. The summed E-state index contributed by atoms with van der Waals surface area (Å²) >= 11 is 1.44. The zero-order chi connectivity index (χ0) is 25.6. The summed E-state index contributed by atoms with van der Waals surface area (Å²) in [7, 11) is 0. The first-order chi connectivity index (χ1) is 16.4. The van der Waals surface area contributed by atoms with Gasteiger partial charge in [0.15, 0.2) is 5.13 Å². The molecule has 2 aromatic heterocycles. The summed E-state index contributed by atoms with van der Waals surface area (Å²) < 4.78 is 5.34. The molecule has 35 heavy (non-hydrogen) atoms. The van der Waals surface area contributed by atoms with Gasteiger partial charge in [0, 0.05) is 28.0 Å². The largest absolute Gasteiger partial charge is 0.467 e. The van der Waals surface area contributed by atoms with Crippen LogP contribution in [-0.4, -0.2) is 39.7 Å². The van der Waals surface area contributed by atoms with E-state index in [1.807, 2.05) is 33.8 Å². The molecule has 0 radical (unpaired) electrons. The van der Waals surface area contributed by atoms with Crippen molar-refractivity contribution in [2.45, 2.75) is 78.9 Å². The maximum absolute atomic E-state index is 13.1. The number of rotatable bonds is 6. The molecule has 2 amide bonds. The summed E-state index contributed by atoms with van der Waals surface area (Å²) in [6.45, 7) is 9.85. The molecule has 8 nitrogen and oxygen atoms in total. The van der Waals surface area contributed by atoms with Crippen LogP contribution in [0, 0.1) is 22.2 Å². The van der Waals surface area contributed by atoms with Gasteiger partial charge in [-0.25, -0.2) is 4.98 Å². The van der Waals surface area contributed by atoms with Crippen LogP contribution in [0.5, 0.6) is 0 Å². The summed E-state index contributed by atoms with van der Waals surface area (Å²) in [5, 5.41) is 27.7. The van der Waals surface area contributed by atoms with E-state index in [1.165, 1.54) is 11.3 Å². The van der Waals surface area contributed by atoms with Gasteiger partial charge in [0.25, 0.3) is 0 Å². The standard InChI is InChI=1S/C26H37N3O5S/c1-24(2,3)22(33)29-23-28-21-16(11-20(32)27-13-15-7-6-10-34-15)25(4)9-8-19(31)26(5,14-30)18(25)12-17(21)35-23/h6-7,10,16,18-19,30-31H,8-9,11-14H2,1-5H3,(H,27,32)(H,28,29,33)/t16-,18+,19-,25+,26+/m1/s1. The fraction of sp³-hybridized carbons (Fsp3) is 0.654. The SMILES string of the molecule is CC(C)(C)C(=O)Nc1nc2c(s1)C[C@@H]1[C@](C)(CO)[C@H](O)CC[C@@]1(C)[C@@H]2CC(=O)NCc1ccco1. The van der Waals surface area contributed by atoms with Gasteiger partial charge in [-0.2, -0.15) is 0 Å². The number of aliphatic hydroxyl groups is 2. The Kier molecular flexibility index (Phi) is 6.89. The molecule has 2 aliphatic carbocycles. The molecule has 9 heteroatoms. The molecule has 4 rings (SSSR count). The fourth-order valence-electron chi connectivity index (χ4n) is 5.84. The number of furan rings is 1. The van der Waals surface area contributed by atoms with Crippen molar-refractivity contribution < 1.29 is 24.2 Å². The number of hydrogen-bond donors (Lipinski definition) is 4. The Morgan fingerprint density at radius 2 is 2.06 bits per heavy atom. The fourth-order valence-corrected chi connectivity index (χ4v) is 6.90. The normalized spacial score (nSPS) is 30.3. The van der Waals surface area contributed by atoms with E-state index in [-0.39, 0.29) is 42.1 Å². The van der Waals surface area contributed by atoms with Crippen LogP contribution in [0.3, 0.4) is 0 Å². The second-order valence-electron chi connectivity index (χ2n) is 11.6. The molecule has 0 aliphatic heterocycles. The van der Waals surface area contributed by atoms with Crippen LogP contribution in [0.2, 0.25) is 0 Å². The maximum atomic E-state index is 13.1. The molecule has 4 N–H and O–H groups in total. The van der Waals surface area contributed by atoms with Gasteiger partial charge in [-0.1, -0.05) is 34.6 Å². The van der Waals surface area contributed by atoms with Crippen LogP contribution >= 0.6 is 11.3 Å². The predicted octanol–water partition coefficient (Wildman–Crippen LogP) is 3.84. The van der Waals surface area contributed by atoms with Crippen LogP contribution in [-0.2, 0) is 22.6 Å². The van der Waals surface area contributed by atoms with Gasteiger partial charge in [0.1, 0.15) is 5.76 Å². The maximum Gasteiger partial charge on any atom is 0.231 e. The molecule has 0 aromatic carbocycles. The van der Waals surface area contributed by atoms with E-state index in [0.29, 0.717) is 30.3 Å². The monoisotopic (exact) mass is 503 g/mol. The van der Waals surface area contributed by atoms with Crippen LogP contribution in [0.15, 0.2) is 22.8 Å². The van der Waals surface area contributed by atoms with Crippen LogP contribution < -0.4 is 10.6 Å². The number of thiazole rings is 1. The lowest BCUT2D eigenvalue weighted by Gasteiger charge is -2.58. The molecular weight excluding hydrogens is 466 g/mol. The van der Waals surface area contributed by atoms with Gasteiger partial charge < -0.3 is 25.3 Å². The van der Waals surface area contributed by atoms with Gasteiger partial charge in [-0.15, -0.1) is 11.3 Å². The number of carbonyl (C=O) groups excluding carboxylic acids is 2. The van der Waals surface area contributed by atoms with E-state index in [1.54, 1.807) is 12.3 Å². The van der Waals surface area contributed by atoms with E-state index in [2.05, 4.69) is 17.6 Å². The lowest BCUT2D eigenvalue weighted by molar-refractivity contribution is -0.144. The average molecular weight is 504 g/mol. The van der Waals surface area contributed by atoms with Crippen molar-refractivity contribution in [3.05, 3.63) is 34.7 Å². The predicted molar refractivity (Wildman–Crippen MR) is 134 cm³/mol. The van der Waals surface area contributed by atoms with Crippen molar-refractivity contribution in [2.75, 3.05) is 11.9 Å². The highest BCUT2D eigenvalue weighted by Gasteiger charge is 2.59. The van der Waals surface area contributed by atoms with Gasteiger partial charge in [-0.3, -0.25) is 9.59 Å². The number of carbonyl (C=O) groups is 2. The Morgan fingerprint density at radius 1 is 1.31 bits per heavy atom. The minimum absolute atomic E-state index is 0.0364. The Labute approximate surface area is 210 Å². The van der Waals surface area contributed by atoms with E-state index in [0.717, 1.165) is 17.0 Å². The van der Waals surface area contributed by atoms with Gasteiger partial charge in [0.2, 0.25) is 11.8 Å². The number of nitrogens with one attached hydrogen (secondary N) is 2. The number of hydrogen-bond acceptors (Lipinski definition) is 7. The molecule has 0 bridgehead atoms. The second-order valence-corrected chi connectivity index (χ2v) is 12.7. The molecule has 2 heterocycles. The number of nitrogens with zero attached hydrogens (tertiary/aromatic N) is 1. The first kappa shape index (κ1) is 25.9. The zero-order valence-electron chi connectivity index (χ0n) is 21.2. The second kappa shape index (κ2) is 9.33. The highest BCUT2D eigenvalue weighted by Crippen LogP contribution is 2.62. The van der Waals surface area contributed by atoms with Crippen LogP contribution in [0.25, 0.3) is 0 Å². The summed E-state index contributed by atoms with van der Waals surface area (Å²) in [5.74, 6) is 0.217. The number of anilines is 1. The molecule has 0 saturated heterocycles. The Balaban J connectivity index is 1.67. The quantitative estimate of drug-likeness (QED) is 0.475. The molecular formula is C26H37N3O5S. The van der Waals surface area contributed by atoms with E-state index >= 15 is 0 Å². The lowest BCUT2D eigenvalue weighted by Crippen LogP contribution is -2.57. The third kappa shape index (κ3) is 4.78. The summed E-state index contributed by atoms with van der Waals surface area (Å²) in [5.41, 5.74) is -0.739. The third-order valence-corrected chi connectivity index (χ3v) is 9.23. The Hall–Kier alpha value is -2.23. The van der Waals surface area contributed by atoms with Crippen molar-refractivity contribution in [2.24, 2.45) is 22.2 Å². The molecule has 2 aromatic rings. The van der Waals surface area contributed by atoms with E-state index in [9.17, 15) is 19.8 Å². The highest BCUT2D eigenvalue weighted by atomic mass is 32.1. The Bertz CT molecular complexity index is 1080. The lowest BCUT2D eigenvalue weighted by atomic mass is 9.47. The zero-order valence-corrected chi connectivity index (χ0v) is 22.0. The van der Waals surface area contributed by atoms with Crippen molar-refractivity contribution in [1.82, 2.24) is 10.3 Å². The molecule has 0 spiro atoms. The first-order valence-corrected chi connectivity index (χ1v) is 13.1. The topological polar surface area (TPSA) is 125 Å². The summed E-state index contributed by atoms with van der Waals surface area (Å²) in [6.07, 6.45) is 3.12. The number of fused-ring (bicyclic) bond motifs is 2. The minimum Gasteiger partial charge on any atom is -0.467 e.